The fourth-order valence-electron chi connectivity index (χ4n) is 5.04. The molecule has 1 atom stereocenters. The van der Waals surface area contributed by atoms with Crippen molar-refractivity contribution in [2.24, 2.45) is 0 Å². The highest BCUT2D eigenvalue weighted by Gasteiger charge is 2.41. The van der Waals surface area contributed by atoms with Crippen LogP contribution in [-0.2, 0) is 20.8 Å². The second-order valence-corrected chi connectivity index (χ2v) is 14.0. The maximum absolute atomic E-state index is 12.8. The van der Waals surface area contributed by atoms with E-state index in [1.165, 1.54) is 6.33 Å². The van der Waals surface area contributed by atoms with Gasteiger partial charge in [0.15, 0.2) is 17.0 Å². The van der Waals surface area contributed by atoms with Crippen molar-refractivity contribution >= 4 is 68.5 Å². The van der Waals surface area contributed by atoms with Crippen LogP contribution in [0.25, 0.3) is 11.2 Å². The number of benzene rings is 1. The third kappa shape index (κ3) is 8.13. The number of carbonyl (C=O) groups excluding carboxylic acids is 2. The molecular weight excluding hydrogens is 674 g/mol. The molecule has 0 aliphatic carbocycles. The molecule has 0 spiro atoms. The molecule has 2 aromatic heterocycles. The van der Waals surface area contributed by atoms with Crippen molar-refractivity contribution in [2.45, 2.75) is 71.2 Å². The number of methoxy groups -OCH3 is 1. The number of imide groups is 1. The van der Waals surface area contributed by atoms with E-state index < -0.39 is 35.0 Å². The molecule has 1 saturated heterocycles. The summed E-state index contributed by atoms with van der Waals surface area (Å²) < 4.78 is 18.7. The van der Waals surface area contributed by atoms with E-state index in [-0.39, 0.29) is 24.5 Å². The summed E-state index contributed by atoms with van der Waals surface area (Å²) in [6.45, 7) is 11.8. The molecule has 1 fully saturated rings. The van der Waals surface area contributed by atoms with E-state index in [0.29, 0.717) is 39.6 Å². The molecule has 0 bridgehead atoms. The Morgan fingerprint density at radius 1 is 1.11 bits per heavy atom. The van der Waals surface area contributed by atoms with E-state index in [2.05, 4.69) is 41.1 Å². The zero-order valence-corrected chi connectivity index (χ0v) is 28.5. The second-order valence-electron chi connectivity index (χ2n) is 12.7. The zero-order chi connectivity index (χ0) is 33.3. The van der Waals surface area contributed by atoms with Crippen LogP contribution in [0.4, 0.5) is 25.9 Å². The first-order chi connectivity index (χ1) is 20.9. The molecule has 1 aromatic carbocycles. The highest BCUT2D eigenvalue weighted by atomic mass is 79.9. The van der Waals surface area contributed by atoms with Gasteiger partial charge in [0.2, 0.25) is 0 Å². The first kappa shape index (κ1) is 34.2. The average Bonchev–Trinajstić information content (AvgIpc) is 3.48. The summed E-state index contributed by atoms with van der Waals surface area (Å²) in [6.07, 6.45) is 0.0262. The van der Waals surface area contributed by atoms with Gasteiger partial charge in [0.05, 0.1) is 25.0 Å². The lowest BCUT2D eigenvalue weighted by Crippen LogP contribution is -2.54. The Labute approximate surface area is 274 Å². The van der Waals surface area contributed by atoms with E-state index in [1.54, 1.807) is 59.3 Å². The number of alkyl carbamates (subject to hydrolysis) is 1. The number of rotatable bonds is 7. The Morgan fingerprint density at radius 3 is 2.42 bits per heavy atom. The monoisotopic (exact) mass is 709 g/mol. The van der Waals surface area contributed by atoms with Gasteiger partial charge in [-0.05, 0) is 60.1 Å². The van der Waals surface area contributed by atoms with Gasteiger partial charge in [-0.2, -0.15) is 4.90 Å². The molecule has 45 heavy (non-hydrogen) atoms. The number of imidazole rings is 1. The lowest BCUT2D eigenvalue weighted by Gasteiger charge is -2.32. The first-order valence-corrected chi connectivity index (χ1v) is 15.2. The van der Waals surface area contributed by atoms with Crippen molar-refractivity contribution < 1.29 is 33.7 Å². The van der Waals surface area contributed by atoms with E-state index in [4.69, 9.17) is 25.8 Å². The summed E-state index contributed by atoms with van der Waals surface area (Å²) in [5.41, 5.74) is -0.292. The maximum Gasteiger partial charge on any atom is 0.425 e. The van der Waals surface area contributed by atoms with Crippen molar-refractivity contribution in [3.05, 3.63) is 39.8 Å². The lowest BCUT2D eigenvalue weighted by molar-refractivity contribution is 0.0383. The van der Waals surface area contributed by atoms with Gasteiger partial charge in [-0.1, -0.05) is 27.5 Å². The summed E-state index contributed by atoms with van der Waals surface area (Å²) in [7, 11) is 1.58. The van der Waals surface area contributed by atoms with Gasteiger partial charge < -0.3 is 34.1 Å². The predicted octanol–water partition coefficient (Wildman–Crippen LogP) is 5.83. The quantitative estimate of drug-likeness (QED) is 0.304. The number of fused-ring (bicyclic) bond motifs is 1. The number of hydrogen-bond donors (Lipinski definition) is 2. The molecule has 0 radical (unpaired) electrons. The summed E-state index contributed by atoms with van der Waals surface area (Å²) >= 11 is 10.2. The Balaban J connectivity index is 1.68. The van der Waals surface area contributed by atoms with Crippen molar-refractivity contribution in [3.63, 3.8) is 0 Å². The molecule has 16 heteroatoms. The molecule has 3 aromatic rings. The minimum absolute atomic E-state index is 0.0965. The van der Waals surface area contributed by atoms with Crippen LogP contribution >= 0.6 is 27.5 Å². The molecule has 4 rings (SSSR count). The minimum atomic E-state index is -1.57. The molecule has 0 saturated carbocycles. The van der Waals surface area contributed by atoms with Crippen LogP contribution in [0.5, 0.6) is 0 Å². The van der Waals surface area contributed by atoms with Crippen LogP contribution in [0, 0.1) is 0 Å². The number of carboxylic acid groups (broad SMARTS) is 1. The Bertz CT molecular complexity index is 1600. The van der Waals surface area contributed by atoms with E-state index in [9.17, 15) is 19.5 Å². The smallest absolute Gasteiger partial charge is 0.425 e. The molecule has 3 amide bonds. The number of halogens is 2. The molecule has 14 nitrogen and oxygen atoms in total. The number of carbonyl (C=O) groups is 3. The number of anilines is 2. The molecule has 1 aliphatic rings. The maximum atomic E-state index is 12.8. The van der Waals surface area contributed by atoms with E-state index in [1.807, 2.05) is 6.07 Å². The van der Waals surface area contributed by atoms with Crippen molar-refractivity contribution in [1.82, 2.24) is 24.8 Å². The van der Waals surface area contributed by atoms with Gasteiger partial charge in [0.25, 0.3) is 0 Å². The fourth-order valence-corrected chi connectivity index (χ4v) is 5.96. The van der Waals surface area contributed by atoms with E-state index >= 15 is 0 Å². The van der Waals surface area contributed by atoms with Crippen LogP contribution in [0.15, 0.2) is 29.3 Å². The highest BCUT2D eigenvalue weighted by molar-refractivity contribution is 9.10. The third-order valence-electron chi connectivity index (χ3n) is 6.71. The highest BCUT2D eigenvalue weighted by Crippen LogP contribution is 2.37. The molecular formula is C29H37BrClN7O7. The van der Waals surface area contributed by atoms with Gasteiger partial charge in [-0.15, -0.1) is 0 Å². The third-order valence-corrected chi connectivity index (χ3v) is 7.63. The van der Waals surface area contributed by atoms with Gasteiger partial charge in [-0.3, -0.25) is 0 Å². The summed E-state index contributed by atoms with van der Waals surface area (Å²) in [5.74, 6) is -0.229. The Kier molecular flexibility index (Phi) is 9.85. The summed E-state index contributed by atoms with van der Waals surface area (Å²) in [4.78, 5) is 53.0. The molecule has 2 N–H and O–H groups in total. The van der Waals surface area contributed by atoms with Crippen LogP contribution in [0.1, 0.15) is 53.5 Å². The SMILES string of the molecule is COCC1(NC(=O)OC(C)(C)C)CCN(c2cc(Cl)cc(Br)c2Cn2cnc3c(N(C(=O)O)C(=O)OC(C)(C)C)ncnc32)C1. The lowest BCUT2D eigenvalue weighted by atomic mass is 10.00. The Morgan fingerprint density at radius 2 is 1.80 bits per heavy atom. The predicted molar refractivity (Wildman–Crippen MR) is 171 cm³/mol. The number of aromatic nitrogens is 4. The number of amides is 3. The first-order valence-electron chi connectivity index (χ1n) is 14.1. The molecule has 244 valence electrons. The van der Waals surface area contributed by atoms with Gasteiger partial charge in [0.1, 0.15) is 17.5 Å². The molecule has 3 heterocycles. The molecule has 1 aliphatic heterocycles. The number of ether oxygens (including phenoxy) is 3. The van der Waals surface area contributed by atoms with Crippen molar-refractivity contribution in [2.75, 3.05) is 36.6 Å². The second kappa shape index (κ2) is 13.0. The fraction of sp³-hybridized carbons (Fsp3) is 0.517. The topological polar surface area (TPSA) is 161 Å². The normalized spacial score (nSPS) is 17.0. The van der Waals surface area contributed by atoms with Gasteiger partial charge in [0, 0.05) is 40.9 Å². The van der Waals surface area contributed by atoms with E-state index in [0.717, 1.165) is 17.6 Å². The van der Waals surface area contributed by atoms with Crippen LogP contribution in [0.2, 0.25) is 5.02 Å². The van der Waals surface area contributed by atoms with Crippen LogP contribution in [0.3, 0.4) is 0 Å². The zero-order valence-electron chi connectivity index (χ0n) is 26.2. The van der Waals surface area contributed by atoms with Gasteiger partial charge >= 0.3 is 18.3 Å². The van der Waals surface area contributed by atoms with Gasteiger partial charge in [-0.25, -0.2) is 29.3 Å². The summed E-state index contributed by atoms with van der Waals surface area (Å²) in [5, 5.41) is 13.4. The number of hydrogen-bond acceptors (Lipinski definition) is 10. The minimum Gasteiger partial charge on any atom is -0.464 e. The Hall–Kier alpha value is -3.69. The number of nitrogens with zero attached hydrogens (tertiary/aromatic N) is 6. The number of nitrogens with one attached hydrogen (secondary N) is 1. The molecule has 1 unspecified atom stereocenters. The van der Waals surface area contributed by atoms with Crippen LogP contribution < -0.4 is 15.1 Å². The average molecular weight is 711 g/mol. The van der Waals surface area contributed by atoms with Crippen LogP contribution in [-0.4, -0.2) is 86.5 Å². The summed E-state index contributed by atoms with van der Waals surface area (Å²) in [6, 6.07) is 3.61. The standard InChI is InChI=1S/C29H37BrClN7O7/c1-27(2,3)44-24(39)35-29(14-43-7)8-9-36(13-29)20-11-17(31)10-19(30)18(20)12-37-16-34-21-22(37)32-15-33-23(21)38(25(40)41)26(42)45-28(4,5)6/h10-11,15-16H,8-9,12-14H2,1-7H3,(H,35,39)(H,40,41). The largest absolute Gasteiger partial charge is 0.464 e. The van der Waals surface area contributed by atoms with Crippen molar-refractivity contribution in [1.29, 1.82) is 0 Å². The van der Waals surface area contributed by atoms with Crippen molar-refractivity contribution in [3.8, 4) is 0 Å².